The maximum atomic E-state index is 14.5. The molecule has 7 nitrogen and oxygen atoms in total. The molecule has 4 N–H and O–H groups in total. The number of nitrogen functional groups attached to an aromatic ring is 1. The summed E-state index contributed by atoms with van der Waals surface area (Å²) in [6.45, 7) is 5.91. The normalized spacial score (nSPS) is 19.7. The van der Waals surface area contributed by atoms with Crippen molar-refractivity contribution in [2.24, 2.45) is 5.92 Å². The molecule has 7 heteroatoms. The molecule has 0 bridgehead atoms. The van der Waals surface area contributed by atoms with E-state index in [0.29, 0.717) is 12.0 Å². The van der Waals surface area contributed by atoms with Crippen LogP contribution < -0.4 is 11.1 Å². The fourth-order valence-electron chi connectivity index (χ4n) is 7.80. The van der Waals surface area contributed by atoms with Gasteiger partial charge in [-0.2, -0.15) is 0 Å². The van der Waals surface area contributed by atoms with Gasteiger partial charge in [-0.3, -0.25) is 9.69 Å². The number of H-pyrrole nitrogens is 1. The molecule has 1 aliphatic heterocycles. The molecule has 2 heterocycles. The summed E-state index contributed by atoms with van der Waals surface area (Å²) >= 11 is 0. The van der Waals surface area contributed by atoms with Gasteiger partial charge in [-0.1, -0.05) is 80.6 Å². The maximum Gasteiger partial charge on any atom is 0.245 e. The van der Waals surface area contributed by atoms with Crippen molar-refractivity contribution in [3.8, 4) is 11.1 Å². The zero-order chi connectivity index (χ0) is 31.5. The van der Waals surface area contributed by atoms with Crippen molar-refractivity contribution in [1.82, 2.24) is 19.8 Å². The van der Waals surface area contributed by atoms with Crippen LogP contribution in [0.1, 0.15) is 50.2 Å². The molecule has 2 aliphatic rings. The number of aromatic nitrogens is 2. The first-order valence-electron chi connectivity index (χ1n) is 16.5. The number of amides is 1. The van der Waals surface area contributed by atoms with Crippen molar-refractivity contribution in [3.05, 3.63) is 102 Å². The number of likely N-dealkylation sites (N-methyl/N-ethyl adjacent to an activating group) is 1. The molecular formula is C39H40N6O. The van der Waals surface area contributed by atoms with Crippen LogP contribution >= 0.6 is 0 Å². The van der Waals surface area contributed by atoms with Gasteiger partial charge in [0, 0.05) is 23.9 Å². The van der Waals surface area contributed by atoms with Crippen molar-refractivity contribution in [3.63, 3.8) is 0 Å². The van der Waals surface area contributed by atoms with E-state index < -0.39 is 0 Å². The van der Waals surface area contributed by atoms with Crippen LogP contribution in [0.2, 0.25) is 0 Å². The first-order valence-corrected chi connectivity index (χ1v) is 16.5. The number of hydrogen-bond donors (Lipinski definition) is 3. The van der Waals surface area contributed by atoms with E-state index in [4.69, 9.17) is 10.7 Å². The lowest BCUT2D eigenvalue weighted by atomic mass is 9.97. The van der Waals surface area contributed by atoms with Crippen molar-refractivity contribution < 1.29 is 4.79 Å². The van der Waals surface area contributed by atoms with Gasteiger partial charge in [-0.05, 0) is 83.6 Å². The molecular weight excluding hydrogens is 568 g/mol. The Bertz CT molecular complexity index is 2100. The molecule has 1 aromatic heterocycles. The molecule has 232 valence electrons. The fourth-order valence-corrected chi connectivity index (χ4v) is 7.80. The number of rotatable bonds is 8. The highest BCUT2D eigenvalue weighted by atomic mass is 16.2. The minimum Gasteiger partial charge on any atom is -0.397 e. The zero-order valence-corrected chi connectivity index (χ0v) is 26.6. The Hall–Kier alpha value is -4.88. The highest BCUT2D eigenvalue weighted by Crippen LogP contribution is 2.54. The topological polar surface area (TPSA) is 90.3 Å². The molecule has 5 aromatic carbocycles. The Morgan fingerprint density at radius 2 is 1.63 bits per heavy atom. The molecule has 4 atom stereocenters. The third-order valence-electron chi connectivity index (χ3n) is 10.4. The number of benzene rings is 5. The second-order valence-electron chi connectivity index (χ2n) is 12.8. The van der Waals surface area contributed by atoms with Crippen molar-refractivity contribution in [1.29, 1.82) is 0 Å². The molecule has 0 spiro atoms. The molecule has 1 saturated heterocycles. The quantitative estimate of drug-likeness (QED) is 0.153. The second-order valence-corrected chi connectivity index (χ2v) is 12.8. The van der Waals surface area contributed by atoms with Gasteiger partial charge in [0.2, 0.25) is 5.91 Å². The van der Waals surface area contributed by atoms with Crippen LogP contribution in [0.25, 0.3) is 43.7 Å². The van der Waals surface area contributed by atoms with E-state index in [0.717, 1.165) is 92.4 Å². The summed E-state index contributed by atoms with van der Waals surface area (Å²) in [5, 5.41) is 7.58. The number of likely N-dealkylation sites (tertiary alicyclic amines) is 1. The number of carbonyl (C=O) groups excluding carboxylic acids is 1. The molecule has 1 amide bonds. The Morgan fingerprint density at radius 3 is 2.35 bits per heavy atom. The summed E-state index contributed by atoms with van der Waals surface area (Å²) in [6.07, 6.45) is 2.05. The summed E-state index contributed by atoms with van der Waals surface area (Å²) in [6, 6.07) is 31.7. The van der Waals surface area contributed by atoms with E-state index in [2.05, 4.69) is 101 Å². The lowest BCUT2D eigenvalue weighted by Crippen LogP contribution is -2.44. The Balaban J connectivity index is 1.14. The third kappa shape index (κ3) is 4.60. The van der Waals surface area contributed by atoms with Gasteiger partial charge in [0.05, 0.1) is 28.5 Å². The molecule has 46 heavy (non-hydrogen) atoms. The summed E-state index contributed by atoms with van der Waals surface area (Å²) in [5.74, 6) is 1.64. The van der Waals surface area contributed by atoms with Gasteiger partial charge < -0.3 is 20.9 Å². The average Bonchev–Trinajstić information content (AvgIpc) is 3.53. The number of piperidine rings is 1. The van der Waals surface area contributed by atoms with E-state index in [1.807, 2.05) is 31.3 Å². The Kier molecular flexibility index (Phi) is 6.94. The van der Waals surface area contributed by atoms with Crippen LogP contribution in [0.3, 0.4) is 0 Å². The van der Waals surface area contributed by atoms with Crippen LogP contribution in [-0.2, 0) is 4.79 Å². The van der Waals surface area contributed by atoms with Gasteiger partial charge in [-0.25, -0.2) is 4.98 Å². The summed E-state index contributed by atoms with van der Waals surface area (Å²) in [7, 11) is 1.89. The lowest BCUT2D eigenvalue weighted by molar-refractivity contribution is -0.139. The second kappa shape index (κ2) is 11.2. The molecule has 0 unspecified atom stereocenters. The number of hydrogen-bond acceptors (Lipinski definition) is 5. The van der Waals surface area contributed by atoms with Crippen LogP contribution in [0.5, 0.6) is 0 Å². The van der Waals surface area contributed by atoms with Gasteiger partial charge in [0.25, 0.3) is 0 Å². The minimum atomic E-state index is -0.293. The smallest absolute Gasteiger partial charge is 0.245 e. The number of nitrogens with one attached hydrogen (secondary N) is 2. The van der Waals surface area contributed by atoms with E-state index in [1.54, 1.807) is 0 Å². The molecule has 8 rings (SSSR count). The summed E-state index contributed by atoms with van der Waals surface area (Å²) in [4.78, 5) is 27.8. The number of nitrogens with two attached hydrogens (primary N) is 1. The van der Waals surface area contributed by atoms with Gasteiger partial charge >= 0.3 is 0 Å². The number of imidazole rings is 1. The van der Waals surface area contributed by atoms with E-state index in [-0.39, 0.29) is 18.0 Å². The summed E-state index contributed by atoms with van der Waals surface area (Å²) in [5.41, 5.74) is 13.4. The van der Waals surface area contributed by atoms with E-state index in [9.17, 15) is 4.79 Å². The summed E-state index contributed by atoms with van der Waals surface area (Å²) < 4.78 is 0. The SMILES string of the molecule is CCN(CC)[C@@H](C(=O)N1[C@@H]2C[C@@H]2C[C@H]1c1nc2c(ccc3cc(-c4ccc5c(N)c(NC)ccc5c4)ccc32)[nH]1)c1ccccc1. The first-order chi connectivity index (χ1) is 22.5. The van der Waals surface area contributed by atoms with Crippen molar-refractivity contribution in [2.75, 3.05) is 31.2 Å². The highest BCUT2D eigenvalue weighted by Gasteiger charge is 2.56. The van der Waals surface area contributed by atoms with Crippen LogP contribution in [0.15, 0.2) is 91.0 Å². The lowest BCUT2D eigenvalue weighted by Gasteiger charge is -2.35. The first kappa shape index (κ1) is 28.6. The van der Waals surface area contributed by atoms with Gasteiger partial charge in [0.1, 0.15) is 11.9 Å². The van der Waals surface area contributed by atoms with Gasteiger partial charge in [-0.15, -0.1) is 0 Å². The number of anilines is 2. The van der Waals surface area contributed by atoms with E-state index >= 15 is 0 Å². The maximum absolute atomic E-state index is 14.5. The van der Waals surface area contributed by atoms with Crippen LogP contribution in [-0.4, -0.2) is 51.9 Å². The number of carbonyl (C=O) groups is 1. The molecule has 0 radical (unpaired) electrons. The van der Waals surface area contributed by atoms with Crippen LogP contribution in [0, 0.1) is 5.92 Å². The zero-order valence-electron chi connectivity index (χ0n) is 26.6. The van der Waals surface area contributed by atoms with Crippen LogP contribution in [0.4, 0.5) is 11.4 Å². The molecule has 1 aliphatic carbocycles. The predicted octanol–water partition coefficient (Wildman–Crippen LogP) is 7.91. The number of aromatic amines is 1. The third-order valence-corrected chi connectivity index (χ3v) is 10.4. The molecule has 2 fully saturated rings. The number of fused-ring (bicyclic) bond motifs is 5. The highest BCUT2D eigenvalue weighted by molar-refractivity contribution is 6.06. The predicted molar refractivity (Wildman–Crippen MR) is 189 cm³/mol. The standard InChI is InChI=1S/C39H40N6O/c1-4-44(5-2)37(23-9-7-6-8-10-23)39(46)45-33-21-28(33)22-34(45)38-42-32-18-14-27-20-25(12-16-30(27)36(32)43-38)24-11-15-29-26(19-24)13-17-31(41-3)35(29)40/h6-20,28,33-34,37,41H,4-5,21-22,40H2,1-3H3,(H,42,43)/t28-,33-,34+,37-/m1/s1. The number of nitrogens with zero attached hydrogens (tertiary/aromatic N) is 3. The van der Waals surface area contributed by atoms with Gasteiger partial charge in [0.15, 0.2) is 0 Å². The average molecular weight is 609 g/mol. The van der Waals surface area contributed by atoms with E-state index in [1.165, 1.54) is 0 Å². The molecule has 1 saturated carbocycles. The minimum absolute atomic E-state index is 0.0480. The largest absolute Gasteiger partial charge is 0.397 e. The molecule has 6 aromatic rings. The monoisotopic (exact) mass is 608 g/mol. The Morgan fingerprint density at radius 1 is 0.935 bits per heavy atom. The van der Waals surface area contributed by atoms with Crippen molar-refractivity contribution in [2.45, 2.75) is 44.8 Å². The van der Waals surface area contributed by atoms with Crippen molar-refractivity contribution >= 4 is 49.9 Å². The fraction of sp³-hybridized carbons (Fsp3) is 0.282. The Labute approximate surface area is 269 Å².